The Morgan fingerprint density at radius 1 is 0.938 bits per heavy atom. The number of morpholine rings is 1. The Morgan fingerprint density at radius 3 is 2.22 bits per heavy atom. The highest BCUT2D eigenvalue weighted by molar-refractivity contribution is 6.28. The molecule has 32 heavy (non-hydrogen) atoms. The Bertz CT molecular complexity index is 1170. The molecule has 0 saturated carbocycles. The third kappa shape index (κ3) is 2.09. The van der Waals surface area contributed by atoms with Crippen molar-refractivity contribution in [3.63, 3.8) is 0 Å². The molecule has 0 aliphatic carbocycles. The van der Waals surface area contributed by atoms with Crippen LogP contribution in [0, 0.1) is 11.8 Å². The van der Waals surface area contributed by atoms with Crippen molar-refractivity contribution in [2.24, 2.45) is 11.8 Å². The van der Waals surface area contributed by atoms with E-state index in [9.17, 15) is 19.2 Å². The lowest BCUT2D eigenvalue weighted by Crippen LogP contribution is -2.66. The fraction of sp³-hybridized carbons (Fsp3) is 0.333. The van der Waals surface area contributed by atoms with E-state index in [1.54, 1.807) is 30.3 Å². The Morgan fingerprint density at radius 2 is 1.56 bits per heavy atom. The first-order valence-corrected chi connectivity index (χ1v) is 10.5. The van der Waals surface area contributed by atoms with Crippen LogP contribution in [0.2, 0.25) is 0 Å². The molecule has 4 aliphatic heterocycles. The number of ether oxygens (including phenoxy) is 2. The lowest BCUT2D eigenvalue weighted by molar-refractivity contribution is -0.206. The van der Waals surface area contributed by atoms with Crippen LogP contribution in [0.3, 0.4) is 0 Å². The van der Waals surface area contributed by atoms with Gasteiger partial charge in [0.05, 0.1) is 24.9 Å². The van der Waals surface area contributed by atoms with Gasteiger partial charge in [-0.1, -0.05) is 48.5 Å². The van der Waals surface area contributed by atoms with E-state index in [0.29, 0.717) is 5.69 Å². The van der Waals surface area contributed by atoms with Gasteiger partial charge in [-0.3, -0.25) is 24.1 Å². The molecule has 0 radical (unpaired) electrons. The number of rotatable bonds is 3. The standard InChI is InChI=1S/C24H20N2O6/c1-14(27)24-19-18(20(28)25(21(19)29)16-10-6-3-7-11-16)23(32-24)13-31-12-17(26(23)22(24)30)15-8-4-2-5-9-15/h2-11,17-19H,12-13H2,1H3/t17-,18+,19-,23-,24+/m0/s1. The highest BCUT2D eigenvalue weighted by Gasteiger charge is 2.85. The number of anilines is 1. The third-order valence-electron chi connectivity index (χ3n) is 7.13. The van der Waals surface area contributed by atoms with Crippen LogP contribution < -0.4 is 4.90 Å². The smallest absolute Gasteiger partial charge is 0.266 e. The van der Waals surface area contributed by atoms with E-state index < -0.39 is 52.7 Å². The average molecular weight is 432 g/mol. The molecule has 0 unspecified atom stereocenters. The van der Waals surface area contributed by atoms with Crippen LogP contribution in [0.1, 0.15) is 18.5 Å². The van der Waals surface area contributed by atoms with Gasteiger partial charge in [0.1, 0.15) is 11.8 Å². The SMILES string of the molecule is CC(=O)[C@]12O[C@@]3(COC[C@@H](c4ccccc4)N3C1=O)[C@H]1C(=O)N(c3ccccc3)C(=O)[C@H]12. The third-order valence-corrected chi connectivity index (χ3v) is 7.13. The molecule has 1 spiro atoms. The van der Waals surface area contributed by atoms with E-state index >= 15 is 0 Å². The minimum atomic E-state index is -2.03. The summed E-state index contributed by atoms with van der Waals surface area (Å²) >= 11 is 0. The number of para-hydroxylation sites is 1. The number of piperidine rings is 1. The molecule has 2 bridgehead atoms. The molecule has 2 aromatic carbocycles. The second-order valence-corrected chi connectivity index (χ2v) is 8.66. The second kappa shape index (κ2) is 6.34. The van der Waals surface area contributed by atoms with Crippen LogP contribution in [0.15, 0.2) is 60.7 Å². The number of amides is 3. The summed E-state index contributed by atoms with van der Waals surface area (Å²) in [5, 5.41) is 0. The molecule has 4 aliphatic rings. The van der Waals surface area contributed by atoms with Crippen molar-refractivity contribution in [2.45, 2.75) is 24.3 Å². The molecule has 3 amide bonds. The number of hydrogen-bond acceptors (Lipinski definition) is 6. The Hall–Kier alpha value is -3.36. The van der Waals surface area contributed by atoms with Gasteiger partial charge < -0.3 is 9.47 Å². The van der Waals surface area contributed by atoms with Gasteiger partial charge >= 0.3 is 0 Å². The van der Waals surface area contributed by atoms with E-state index in [-0.39, 0.29) is 13.2 Å². The zero-order valence-corrected chi connectivity index (χ0v) is 17.3. The van der Waals surface area contributed by atoms with Gasteiger partial charge in [0.2, 0.25) is 17.4 Å². The molecule has 4 heterocycles. The van der Waals surface area contributed by atoms with Gasteiger partial charge in [-0.05, 0) is 24.6 Å². The minimum Gasteiger partial charge on any atom is -0.374 e. The molecule has 4 fully saturated rings. The lowest BCUT2D eigenvalue weighted by atomic mass is 9.71. The summed E-state index contributed by atoms with van der Waals surface area (Å²) in [6.07, 6.45) is 0. The number of carbonyl (C=O) groups excluding carboxylic acids is 4. The van der Waals surface area contributed by atoms with Gasteiger partial charge in [-0.2, -0.15) is 0 Å². The van der Waals surface area contributed by atoms with Crippen LogP contribution in [0.25, 0.3) is 0 Å². The number of ketones is 1. The number of benzene rings is 2. The second-order valence-electron chi connectivity index (χ2n) is 8.66. The summed E-state index contributed by atoms with van der Waals surface area (Å²) in [5.41, 5.74) is -2.32. The average Bonchev–Trinajstić information content (AvgIpc) is 3.37. The summed E-state index contributed by atoms with van der Waals surface area (Å²) in [4.78, 5) is 56.6. The Kier molecular flexibility index (Phi) is 3.83. The van der Waals surface area contributed by atoms with Crippen molar-refractivity contribution in [3.05, 3.63) is 66.2 Å². The van der Waals surface area contributed by atoms with Gasteiger partial charge in [0.25, 0.3) is 5.91 Å². The maximum absolute atomic E-state index is 13.8. The number of Topliss-reactive ketones (excluding diaryl/α,β-unsaturated/α-hetero) is 1. The van der Waals surface area contributed by atoms with Crippen LogP contribution in [0.4, 0.5) is 5.69 Å². The van der Waals surface area contributed by atoms with Crippen molar-refractivity contribution >= 4 is 29.2 Å². The number of carbonyl (C=O) groups is 4. The van der Waals surface area contributed by atoms with Gasteiger partial charge in [-0.15, -0.1) is 0 Å². The first kappa shape index (κ1) is 19.3. The van der Waals surface area contributed by atoms with E-state index in [1.165, 1.54) is 11.8 Å². The zero-order chi connectivity index (χ0) is 22.3. The Balaban J connectivity index is 1.53. The first-order valence-electron chi connectivity index (χ1n) is 10.5. The fourth-order valence-electron chi connectivity index (χ4n) is 5.85. The summed E-state index contributed by atoms with van der Waals surface area (Å²) in [6, 6.07) is 17.3. The van der Waals surface area contributed by atoms with Gasteiger partial charge in [0, 0.05) is 0 Å². The van der Waals surface area contributed by atoms with Gasteiger partial charge in [-0.25, -0.2) is 4.90 Å². The summed E-state index contributed by atoms with van der Waals surface area (Å²) in [7, 11) is 0. The van der Waals surface area contributed by atoms with Crippen LogP contribution >= 0.6 is 0 Å². The monoisotopic (exact) mass is 432 g/mol. The molecule has 2 aromatic rings. The molecule has 8 nitrogen and oxygen atoms in total. The van der Waals surface area contributed by atoms with Crippen LogP contribution in [-0.4, -0.2) is 52.9 Å². The predicted molar refractivity (Wildman–Crippen MR) is 110 cm³/mol. The molecule has 0 N–H and O–H groups in total. The molecule has 0 aromatic heterocycles. The van der Waals surface area contributed by atoms with E-state index in [2.05, 4.69) is 0 Å². The maximum Gasteiger partial charge on any atom is 0.266 e. The number of fused-ring (bicyclic) bond motifs is 3. The van der Waals surface area contributed by atoms with Crippen molar-refractivity contribution in [1.82, 2.24) is 4.90 Å². The van der Waals surface area contributed by atoms with Crippen LogP contribution in [0.5, 0.6) is 0 Å². The quantitative estimate of drug-likeness (QED) is 0.539. The summed E-state index contributed by atoms with van der Waals surface area (Å²) < 4.78 is 12.1. The molecule has 6 rings (SSSR count). The van der Waals surface area contributed by atoms with E-state index in [0.717, 1.165) is 10.5 Å². The van der Waals surface area contributed by atoms with Crippen molar-refractivity contribution < 1.29 is 28.7 Å². The molecular weight excluding hydrogens is 412 g/mol. The topological polar surface area (TPSA) is 93.2 Å². The zero-order valence-electron chi connectivity index (χ0n) is 17.3. The summed E-state index contributed by atoms with van der Waals surface area (Å²) in [5.74, 6) is -4.46. The fourth-order valence-corrected chi connectivity index (χ4v) is 5.85. The molecule has 5 atom stereocenters. The highest BCUT2D eigenvalue weighted by atomic mass is 16.6. The number of nitrogens with zero attached hydrogens (tertiary/aromatic N) is 2. The van der Waals surface area contributed by atoms with E-state index in [1.807, 2.05) is 30.3 Å². The normalized spacial score (nSPS) is 35.3. The molecule has 162 valence electrons. The number of hydrogen-bond donors (Lipinski definition) is 0. The molecule has 4 saturated heterocycles. The Labute approximate surface area is 183 Å². The van der Waals surface area contributed by atoms with Gasteiger partial charge in [0.15, 0.2) is 11.5 Å². The highest BCUT2D eigenvalue weighted by Crippen LogP contribution is 2.62. The molecular formula is C24H20N2O6. The molecule has 8 heteroatoms. The van der Waals surface area contributed by atoms with Crippen molar-refractivity contribution in [1.29, 1.82) is 0 Å². The first-order chi connectivity index (χ1) is 15.4. The number of imide groups is 1. The van der Waals surface area contributed by atoms with E-state index in [4.69, 9.17) is 9.47 Å². The lowest BCUT2D eigenvalue weighted by Gasteiger charge is -2.48. The maximum atomic E-state index is 13.8. The minimum absolute atomic E-state index is 0.0834. The predicted octanol–water partition coefficient (Wildman–Crippen LogP) is 1.46. The van der Waals surface area contributed by atoms with Crippen molar-refractivity contribution in [3.8, 4) is 0 Å². The van der Waals surface area contributed by atoms with Crippen LogP contribution in [-0.2, 0) is 28.7 Å². The summed E-state index contributed by atoms with van der Waals surface area (Å²) in [6.45, 7) is 1.37. The van der Waals surface area contributed by atoms with Crippen molar-refractivity contribution in [2.75, 3.05) is 18.1 Å². The largest absolute Gasteiger partial charge is 0.374 e.